The van der Waals surface area contributed by atoms with E-state index in [1.165, 1.54) is 0 Å². The zero-order chi connectivity index (χ0) is 13.1. The monoisotopic (exact) mass is 288 g/mol. The highest BCUT2D eigenvalue weighted by Gasteiger charge is 2.33. The topological polar surface area (TPSA) is 68.7 Å². The van der Waals surface area contributed by atoms with Crippen LogP contribution in [0, 0.1) is 5.92 Å². The lowest BCUT2D eigenvalue weighted by Crippen LogP contribution is -2.34. The number of nitrogens with zero attached hydrogens (tertiary/aromatic N) is 1. The predicted octanol–water partition coefficient (Wildman–Crippen LogP) is 1.66. The predicted molar refractivity (Wildman–Crippen MR) is 74.3 cm³/mol. The molecule has 1 aromatic heterocycles. The lowest BCUT2D eigenvalue weighted by molar-refractivity contribution is 0.0703. The lowest BCUT2D eigenvalue weighted by atomic mass is 10.1. The fourth-order valence-corrected chi connectivity index (χ4v) is 2.45. The molecule has 1 amide bonds. The summed E-state index contributed by atoms with van der Waals surface area (Å²) in [4.78, 5) is 14.1. The smallest absolute Gasteiger partial charge is 0.289 e. The molecule has 0 saturated carbocycles. The van der Waals surface area contributed by atoms with Crippen LogP contribution in [0.25, 0.3) is 0 Å². The average molecular weight is 289 g/mol. The maximum Gasteiger partial charge on any atom is 0.289 e. The molecule has 2 unspecified atom stereocenters. The number of furan rings is 1. The number of likely N-dealkylation sites (tertiary alicyclic amines) is 1. The Hall–Kier alpha value is -1.04. The van der Waals surface area contributed by atoms with Crippen LogP contribution in [0.4, 0.5) is 0 Å². The van der Waals surface area contributed by atoms with Crippen molar-refractivity contribution < 1.29 is 13.9 Å². The summed E-state index contributed by atoms with van der Waals surface area (Å²) in [6, 6.07) is 3.71. The first-order valence-electron chi connectivity index (χ1n) is 6.24. The van der Waals surface area contributed by atoms with E-state index in [9.17, 15) is 4.79 Å². The molecule has 2 N–H and O–H groups in total. The van der Waals surface area contributed by atoms with Gasteiger partial charge in [-0.05, 0) is 37.9 Å². The molecule has 1 aromatic rings. The van der Waals surface area contributed by atoms with Gasteiger partial charge in [0.15, 0.2) is 5.76 Å². The van der Waals surface area contributed by atoms with Crippen molar-refractivity contribution in [1.82, 2.24) is 4.90 Å². The molecule has 1 saturated heterocycles. The molecule has 108 valence electrons. The van der Waals surface area contributed by atoms with Crippen molar-refractivity contribution in [3.05, 3.63) is 23.7 Å². The lowest BCUT2D eigenvalue weighted by Gasteiger charge is -2.20. The SMILES string of the molecule is COCc1ccc(C(=O)N2CC(CN)CC2C)o1.Cl. The van der Waals surface area contributed by atoms with Gasteiger partial charge in [0.05, 0.1) is 0 Å². The van der Waals surface area contributed by atoms with Gasteiger partial charge in [-0.3, -0.25) is 4.79 Å². The molecule has 0 spiro atoms. The first-order valence-corrected chi connectivity index (χ1v) is 6.24. The number of carbonyl (C=O) groups is 1. The molecule has 2 heterocycles. The largest absolute Gasteiger partial charge is 0.453 e. The molecule has 6 heteroatoms. The van der Waals surface area contributed by atoms with Crippen molar-refractivity contribution in [1.29, 1.82) is 0 Å². The van der Waals surface area contributed by atoms with E-state index < -0.39 is 0 Å². The molecule has 0 aromatic carbocycles. The van der Waals surface area contributed by atoms with Crippen molar-refractivity contribution in [3.8, 4) is 0 Å². The summed E-state index contributed by atoms with van der Waals surface area (Å²) in [5.74, 6) is 1.40. The molecule has 0 bridgehead atoms. The number of carbonyl (C=O) groups excluding carboxylic acids is 1. The molecule has 1 fully saturated rings. The van der Waals surface area contributed by atoms with Gasteiger partial charge in [0.25, 0.3) is 5.91 Å². The number of rotatable bonds is 4. The Morgan fingerprint density at radius 3 is 2.89 bits per heavy atom. The fourth-order valence-electron chi connectivity index (χ4n) is 2.45. The van der Waals surface area contributed by atoms with Crippen LogP contribution >= 0.6 is 12.4 Å². The van der Waals surface area contributed by atoms with Gasteiger partial charge in [-0.2, -0.15) is 0 Å². The number of halogens is 1. The van der Waals surface area contributed by atoms with Gasteiger partial charge in [0.1, 0.15) is 12.4 Å². The summed E-state index contributed by atoms with van der Waals surface area (Å²) < 4.78 is 10.4. The van der Waals surface area contributed by atoms with Crippen LogP contribution in [0.2, 0.25) is 0 Å². The highest BCUT2D eigenvalue weighted by atomic mass is 35.5. The van der Waals surface area contributed by atoms with Gasteiger partial charge in [0.2, 0.25) is 0 Å². The van der Waals surface area contributed by atoms with Crippen LogP contribution in [0.15, 0.2) is 16.5 Å². The minimum atomic E-state index is -0.0548. The van der Waals surface area contributed by atoms with Crippen molar-refractivity contribution in [3.63, 3.8) is 0 Å². The van der Waals surface area contributed by atoms with Crippen LogP contribution in [-0.2, 0) is 11.3 Å². The van der Waals surface area contributed by atoms with Crippen molar-refractivity contribution in [2.45, 2.75) is 26.0 Å². The van der Waals surface area contributed by atoms with Crippen LogP contribution in [0.1, 0.15) is 29.7 Å². The molecular formula is C13H21ClN2O3. The first-order chi connectivity index (χ1) is 8.65. The minimum Gasteiger partial charge on any atom is -0.453 e. The highest BCUT2D eigenvalue weighted by molar-refractivity contribution is 5.92. The van der Waals surface area contributed by atoms with Crippen molar-refractivity contribution >= 4 is 18.3 Å². The van der Waals surface area contributed by atoms with Gasteiger partial charge in [0, 0.05) is 19.7 Å². The number of methoxy groups -OCH3 is 1. The third-order valence-corrected chi connectivity index (χ3v) is 3.41. The summed E-state index contributed by atoms with van der Waals surface area (Å²) >= 11 is 0. The Morgan fingerprint density at radius 1 is 1.58 bits per heavy atom. The second kappa shape index (κ2) is 6.93. The van der Waals surface area contributed by atoms with Gasteiger partial charge >= 0.3 is 0 Å². The Kier molecular flexibility index (Phi) is 5.85. The zero-order valence-corrected chi connectivity index (χ0v) is 12.1. The molecule has 2 rings (SSSR count). The fraction of sp³-hybridized carbons (Fsp3) is 0.615. The molecule has 5 nitrogen and oxygen atoms in total. The normalized spacial score (nSPS) is 22.4. The van der Waals surface area contributed by atoms with E-state index in [0.717, 1.165) is 13.0 Å². The average Bonchev–Trinajstić information content (AvgIpc) is 2.95. The number of hydrogen-bond donors (Lipinski definition) is 1. The third kappa shape index (κ3) is 3.49. The Balaban J connectivity index is 0.00000180. The molecule has 0 radical (unpaired) electrons. The minimum absolute atomic E-state index is 0. The van der Waals surface area contributed by atoms with Gasteiger partial charge in [-0.25, -0.2) is 0 Å². The van der Waals surface area contributed by atoms with Crippen LogP contribution in [0.3, 0.4) is 0 Å². The maximum atomic E-state index is 12.3. The Bertz CT molecular complexity index is 422. The van der Waals surface area contributed by atoms with Gasteiger partial charge < -0.3 is 19.8 Å². The number of amides is 1. The highest BCUT2D eigenvalue weighted by Crippen LogP contribution is 2.24. The zero-order valence-electron chi connectivity index (χ0n) is 11.3. The van der Waals surface area contributed by atoms with E-state index in [0.29, 0.717) is 30.6 Å². The molecule has 0 aliphatic carbocycles. The summed E-state index contributed by atoms with van der Waals surface area (Å²) in [7, 11) is 1.60. The summed E-state index contributed by atoms with van der Waals surface area (Å²) in [5, 5.41) is 0. The van der Waals surface area contributed by atoms with Crippen LogP contribution in [0.5, 0.6) is 0 Å². The molecule has 1 aliphatic heterocycles. The third-order valence-electron chi connectivity index (χ3n) is 3.41. The summed E-state index contributed by atoms with van der Waals surface area (Å²) in [5.41, 5.74) is 5.66. The van der Waals surface area contributed by atoms with E-state index in [1.807, 2.05) is 11.8 Å². The summed E-state index contributed by atoms with van der Waals surface area (Å²) in [6.07, 6.45) is 0.966. The van der Waals surface area contributed by atoms with Crippen LogP contribution < -0.4 is 5.73 Å². The first kappa shape index (κ1) is 16.0. The van der Waals surface area contributed by atoms with Crippen LogP contribution in [-0.4, -0.2) is 37.0 Å². The molecule has 2 atom stereocenters. The van der Waals surface area contributed by atoms with E-state index in [2.05, 4.69) is 0 Å². The maximum absolute atomic E-state index is 12.3. The number of hydrogen-bond acceptors (Lipinski definition) is 4. The van der Waals surface area contributed by atoms with Crippen molar-refractivity contribution in [2.24, 2.45) is 11.7 Å². The second-order valence-electron chi connectivity index (χ2n) is 4.84. The van der Waals surface area contributed by atoms with E-state index >= 15 is 0 Å². The van der Waals surface area contributed by atoms with E-state index in [1.54, 1.807) is 19.2 Å². The molecule has 1 aliphatic rings. The Labute approximate surface area is 119 Å². The number of ether oxygens (including phenoxy) is 1. The number of nitrogens with two attached hydrogens (primary N) is 1. The van der Waals surface area contributed by atoms with Gasteiger partial charge in [-0.15, -0.1) is 12.4 Å². The van der Waals surface area contributed by atoms with E-state index in [4.69, 9.17) is 14.9 Å². The summed E-state index contributed by atoms with van der Waals surface area (Å²) in [6.45, 7) is 3.78. The Morgan fingerprint density at radius 2 is 2.32 bits per heavy atom. The molecule has 19 heavy (non-hydrogen) atoms. The second-order valence-corrected chi connectivity index (χ2v) is 4.84. The van der Waals surface area contributed by atoms with Gasteiger partial charge in [-0.1, -0.05) is 0 Å². The standard InChI is InChI=1S/C13H20N2O3.ClH/c1-9-5-10(6-14)7-15(9)13(16)12-4-3-11(18-12)8-17-2;/h3-4,9-10H,5-8,14H2,1-2H3;1H. The molecular weight excluding hydrogens is 268 g/mol. The van der Waals surface area contributed by atoms with E-state index in [-0.39, 0.29) is 24.4 Å². The van der Waals surface area contributed by atoms with Crippen molar-refractivity contribution in [2.75, 3.05) is 20.2 Å². The quantitative estimate of drug-likeness (QED) is 0.915.